The van der Waals surface area contributed by atoms with Crippen LogP contribution in [0.25, 0.3) is 11.0 Å². The van der Waals surface area contributed by atoms with Crippen LogP contribution in [0.5, 0.6) is 0 Å². The Kier molecular flexibility index (Phi) is 8.09. The molecule has 3 rings (SSSR count). The molecule has 0 saturated heterocycles. The van der Waals surface area contributed by atoms with E-state index in [1.807, 2.05) is 16.8 Å². The Bertz CT molecular complexity index is 989. The molecule has 1 aromatic carbocycles. The molecule has 7 nitrogen and oxygen atoms in total. The summed E-state index contributed by atoms with van der Waals surface area (Å²) in [5.41, 5.74) is 1.41. The molecule has 160 valence electrons. The highest BCUT2D eigenvalue weighted by Crippen LogP contribution is 2.25. The number of nitrogens with one attached hydrogen (secondary N) is 2. The number of hydrogen-bond acceptors (Lipinski definition) is 6. The van der Waals surface area contributed by atoms with Gasteiger partial charge in [-0.05, 0) is 36.6 Å². The predicted octanol–water partition coefficient (Wildman–Crippen LogP) is 4.59. The summed E-state index contributed by atoms with van der Waals surface area (Å²) in [5.74, 6) is 2.18. The molecule has 30 heavy (non-hydrogen) atoms. The summed E-state index contributed by atoms with van der Waals surface area (Å²) < 4.78 is 2.77. The molecule has 0 spiro atoms. The molecule has 0 bridgehead atoms. The Morgan fingerprint density at radius 2 is 2.00 bits per heavy atom. The van der Waals surface area contributed by atoms with Gasteiger partial charge in [-0.25, -0.2) is 14.6 Å². The van der Waals surface area contributed by atoms with Gasteiger partial charge < -0.3 is 10.6 Å². The minimum absolute atomic E-state index is 0.105. The van der Waals surface area contributed by atoms with Gasteiger partial charge >= 0.3 is 0 Å². The fraction of sp³-hybridized carbons (Fsp3) is 0.429. The van der Waals surface area contributed by atoms with Crippen molar-refractivity contribution in [1.82, 2.24) is 25.1 Å². The van der Waals surface area contributed by atoms with Gasteiger partial charge in [0.05, 0.1) is 18.1 Å². The lowest BCUT2D eigenvalue weighted by atomic mass is 10.2. The fourth-order valence-electron chi connectivity index (χ4n) is 2.77. The summed E-state index contributed by atoms with van der Waals surface area (Å²) in [6, 6.07) is 7.29. The largest absolute Gasteiger partial charge is 0.369 e. The standard InChI is InChI=1S/C21H27BrN6OS/c1-4-11-30-21-26-18(24-12-14(2)3)17-13-25-28(19(17)27-21)10-9-23-20(29)15-5-7-16(22)8-6-15/h5-8,13-14H,4,9-12H2,1-3H3,(H,23,29)(H,24,26,27). The van der Waals surface area contributed by atoms with Gasteiger partial charge in [-0.15, -0.1) is 0 Å². The molecule has 2 heterocycles. The zero-order valence-corrected chi connectivity index (χ0v) is 19.9. The number of nitrogens with zero attached hydrogens (tertiary/aromatic N) is 4. The third kappa shape index (κ3) is 5.95. The monoisotopic (exact) mass is 490 g/mol. The second-order valence-electron chi connectivity index (χ2n) is 7.35. The van der Waals surface area contributed by atoms with Crippen molar-refractivity contribution in [3.05, 3.63) is 40.5 Å². The van der Waals surface area contributed by atoms with E-state index in [1.54, 1.807) is 30.1 Å². The minimum Gasteiger partial charge on any atom is -0.369 e. The van der Waals surface area contributed by atoms with Gasteiger partial charge in [0.1, 0.15) is 5.82 Å². The Balaban J connectivity index is 1.73. The van der Waals surface area contributed by atoms with E-state index in [4.69, 9.17) is 9.97 Å². The number of thioether (sulfide) groups is 1. The van der Waals surface area contributed by atoms with Gasteiger partial charge in [-0.2, -0.15) is 5.10 Å². The molecule has 1 amide bonds. The Labute approximate surface area is 189 Å². The van der Waals surface area contributed by atoms with Crippen molar-refractivity contribution in [2.24, 2.45) is 5.92 Å². The van der Waals surface area contributed by atoms with Gasteiger partial charge in [-0.1, -0.05) is 48.5 Å². The summed E-state index contributed by atoms with van der Waals surface area (Å²) in [7, 11) is 0. The van der Waals surface area contributed by atoms with Crippen LogP contribution in [-0.2, 0) is 6.54 Å². The van der Waals surface area contributed by atoms with Crippen molar-refractivity contribution in [3.63, 3.8) is 0 Å². The van der Waals surface area contributed by atoms with Crippen LogP contribution in [0.2, 0.25) is 0 Å². The smallest absolute Gasteiger partial charge is 0.251 e. The zero-order chi connectivity index (χ0) is 21.5. The lowest BCUT2D eigenvalue weighted by molar-refractivity contribution is 0.0952. The van der Waals surface area contributed by atoms with E-state index >= 15 is 0 Å². The molecule has 0 saturated carbocycles. The van der Waals surface area contributed by atoms with E-state index in [9.17, 15) is 4.79 Å². The highest BCUT2D eigenvalue weighted by molar-refractivity contribution is 9.10. The first kappa shape index (κ1) is 22.6. The van der Waals surface area contributed by atoms with Crippen molar-refractivity contribution in [3.8, 4) is 0 Å². The molecular weight excluding hydrogens is 464 g/mol. The first-order valence-corrected chi connectivity index (χ1v) is 11.9. The third-order valence-electron chi connectivity index (χ3n) is 4.30. The van der Waals surface area contributed by atoms with E-state index in [0.717, 1.165) is 45.2 Å². The topological polar surface area (TPSA) is 84.7 Å². The highest BCUT2D eigenvalue weighted by Gasteiger charge is 2.14. The maximum Gasteiger partial charge on any atom is 0.251 e. The summed E-state index contributed by atoms with van der Waals surface area (Å²) in [4.78, 5) is 21.7. The first-order valence-electron chi connectivity index (χ1n) is 10.1. The number of halogens is 1. The molecule has 0 aliphatic rings. The molecule has 0 atom stereocenters. The van der Waals surface area contributed by atoms with Gasteiger partial charge in [0.2, 0.25) is 0 Å². The number of rotatable bonds is 10. The number of aromatic nitrogens is 4. The van der Waals surface area contributed by atoms with Crippen LogP contribution in [0.3, 0.4) is 0 Å². The minimum atomic E-state index is -0.105. The number of carbonyl (C=O) groups excluding carboxylic acids is 1. The van der Waals surface area contributed by atoms with Crippen LogP contribution in [0.4, 0.5) is 5.82 Å². The van der Waals surface area contributed by atoms with Gasteiger partial charge in [0.15, 0.2) is 10.8 Å². The van der Waals surface area contributed by atoms with Crippen molar-refractivity contribution >= 4 is 50.5 Å². The molecule has 0 unspecified atom stereocenters. The number of amides is 1. The quantitative estimate of drug-likeness (QED) is 0.319. The summed E-state index contributed by atoms with van der Waals surface area (Å²) in [6.45, 7) is 8.29. The first-order chi connectivity index (χ1) is 14.5. The fourth-order valence-corrected chi connectivity index (χ4v) is 3.73. The normalized spacial score (nSPS) is 11.2. The average Bonchev–Trinajstić information content (AvgIpc) is 3.14. The number of hydrogen-bond donors (Lipinski definition) is 2. The van der Waals surface area contributed by atoms with Crippen LogP contribution in [0.1, 0.15) is 37.6 Å². The molecule has 2 N–H and O–H groups in total. The van der Waals surface area contributed by atoms with E-state index < -0.39 is 0 Å². The molecule has 2 aromatic heterocycles. The van der Waals surface area contributed by atoms with Crippen LogP contribution in [0.15, 0.2) is 40.1 Å². The molecule has 9 heteroatoms. The van der Waals surface area contributed by atoms with Gasteiger partial charge in [0.25, 0.3) is 5.91 Å². The molecule has 0 aliphatic carbocycles. The molecule has 3 aromatic rings. The molecule has 0 radical (unpaired) electrons. The molecule has 0 aliphatic heterocycles. The SMILES string of the molecule is CCCSc1nc(NCC(C)C)c2cnn(CCNC(=O)c3ccc(Br)cc3)c2n1. The Hall–Kier alpha value is -2.13. The second-order valence-corrected chi connectivity index (χ2v) is 9.32. The van der Waals surface area contributed by atoms with E-state index in [0.29, 0.717) is 24.6 Å². The summed E-state index contributed by atoms with van der Waals surface area (Å²) in [5, 5.41) is 12.5. The Morgan fingerprint density at radius 1 is 1.23 bits per heavy atom. The van der Waals surface area contributed by atoms with Crippen LogP contribution in [-0.4, -0.2) is 44.5 Å². The average molecular weight is 491 g/mol. The number of carbonyl (C=O) groups is 1. The van der Waals surface area contributed by atoms with Crippen molar-refractivity contribution in [2.75, 3.05) is 24.2 Å². The number of fused-ring (bicyclic) bond motifs is 1. The van der Waals surface area contributed by atoms with Crippen LogP contribution in [0, 0.1) is 5.92 Å². The van der Waals surface area contributed by atoms with Crippen molar-refractivity contribution in [2.45, 2.75) is 38.9 Å². The van der Waals surface area contributed by atoms with Crippen molar-refractivity contribution in [1.29, 1.82) is 0 Å². The second kappa shape index (κ2) is 10.8. The maximum absolute atomic E-state index is 12.3. The van der Waals surface area contributed by atoms with Crippen molar-refractivity contribution < 1.29 is 4.79 Å². The number of benzene rings is 1. The lowest BCUT2D eigenvalue weighted by Crippen LogP contribution is -2.27. The zero-order valence-electron chi connectivity index (χ0n) is 17.5. The maximum atomic E-state index is 12.3. The number of anilines is 1. The molecule has 0 fully saturated rings. The van der Waals surface area contributed by atoms with E-state index in [-0.39, 0.29) is 5.91 Å². The van der Waals surface area contributed by atoms with Gasteiger partial charge in [-0.3, -0.25) is 4.79 Å². The van der Waals surface area contributed by atoms with Crippen LogP contribution < -0.4 is 10.6 Å². The highest BCUT2D eigenvalue weighted by atomic mass is 79.9. The predicted molar refractivity (Wildman–Crippen MR) is 126 cm³/mol. The van der Waals surface area contributed by atoms with Gasteiger partial charge in [0, 0.05) is 28.9 Å². The Morgan fingerprint density at radius 3 is 2.70 bits per heavy atom. The lowest BCUT2D eigenvalue weighted by Gasteiger charge is -2.11. The summed E-state index contributed by atoms with van der Waals surface area (Å²) in [6.07, 6.45) is 2.85. The molecular formula is C21H27BrN6OS. The third-order valence-corrected chi connectivity index (χ3v) is 5.89. The van der Waals surface area contributed by atoms with Crippen LogP contribution >= 0.6 is 27.7 Å². The van der Waals surface area contributed by atoms with E-state index in [1.165, 1.54) is 0 Å². The van der Waals surface area contributed by atoms with E-state index in [2.05, 4.69) is 52.4 Å². The summed E-state index contributed by atoms with van der Waals surface area (Å²) >= 11 is 5.03.